The van der Waals surface area contributed by atoms with Crippen LogP contribution < -0.4 is 5.32 Å². The first kappa shape index (κ1) is 16.8. The minimum absolute atomic E-state index is 0.148. The fourth-order valence-electron chi connectivity index (χ4n) is 1.30. The zero-order chi connectivity index (χ0) is 15.4. The van der Waals surface area contributed by atoms with Gasteiger partial charge in [0.1, 0.15) is 5.82 Å². The molecule has 0 aromatic heterocycles. The quantitative estimate of drug-likeness (QED) is 0.482. The van der Waals surface area contributed by atoms with Crippen LogP contribution in [0, 0.1) is 5.82 Å². The molecule has 112 valence electrons. The highest BCUT2D eigenvalue weighted by Crippen LogP contribution is 2.30. The number of rotatable bonds is 6. The summed E-state index contributed by atoms with van der Waals surface area (Å²) in [5.74, 6) is -2.15. The number of benzene rings is 1. The number of carboxylic acid groups (broad SMARTS) is 1. The minimum atomic E-state index is -4.89. The molecule has 20 heavy (non-hydrogen) atoms. The van der Waals surface area contributed by atoms with E-state index in [2.05, 4.69) is 0 Å². The first-order valence-corrected chi connectivity index (χ1v) is 6.59. The van der Waals surface area contributed by atoms with Gasteiger partial charge >= 0.3 is 12.1 Å². The lowest BCUT2D eigenvalue weighted by Gasteiger charge is -2.28. The van der Waals surface area contributed by atoms with Gasteiger partial charge in [0.25, 0.3) is 0 Å². The Morgan fingerprint density at radius 2 is 1.85 bits per heavy atom. The van der Waals surface area contributed by atoms with Crippen LogP contribution >= 0.6 is 11.8 Å². The van der Waals surface area contributed by atoms with Crippen molar-refractivity contribution < 1.29 is 27.5 Å². The molecule has 0 aliphatic carbocycles. The number of carbonyl (C=O) groups is 1. The van der Waals surface area contributed by atoms with E-state index in [0.29, 0.717) is 11.8 Å². The first-order valence-electron chi connectivity index (χ1n) is 5.60. The number of halogens is 4. The molecule has 1 aromatic carbocycles. The number of carboxylic acids is 1. The molecule has 0 bridgehead atoms. The molecule has 0 amide bonds. The van der Waals surface area contributed by atoms with Crippen molar-refractivity contribution in [1.82, 2.24) is 5.32 Å². The third kappa shape index (κ3) is 4.11. The van der Waals surface area contributed by atoms with E-state index in [0.717, 1.165) is 0 Å². The lowest BCUT2D eigenvalue weighted by molar-refractivity contribution is -0.205. The summed E-state index contributed by atoms with van der Waals surface area (Å²) in [7, 11) is 0. The molecule has 1 unspecified atom stereocenters. The molecule has 0 aliphatic heterocycles. The predicted octanol–water partition coefficient (Wildman–Crippen LogP) is 2.91. The highest BCUT2D eigenvalue weighted by Gasteiger charge is 2.56. The van der Waals surface area contributed by atoms with Gasteiger partial charge < -0.3 is 5.11 Å². The summed E-state index contributed by atoms with van der Waals surface area (Å²) in [5.41, 5.74) is -2.98. The molecule has 8 heteroatoms. The maximum Gasteiger partial charge on any atom is 0.417 e. The van der Waals surface area contributed by atoms with E-state index in [9.17, 15) is 22.4 Å². The van der Waals surface area contributed by atoms with E-state index in [1.54, 1.807) is 0 Å². The summed E-state index contributed by atoms with van der Waals surface area (Å²) in [6.07, 6.45) is -4.89. The summed E-state index contributed by atoms with van der Waals surface area (Å²) in [4.78, 5) is 11.4. The Hall–Kier alpha value is -1.28. The van der Waals surface area contributed by atoms with E-state index < -0.39 is 23.5 Å². The smallest absolute Gasteiger partial charge is 0.417 e. The molecule has 1 atom stereocenters. The van der Waals surface area contributed by atoms with Gasteiger partial charge in [0.2, 0.25) is 5.54 Å². The summed E-state index contributed by atoms with van der Waals surface area (Å²) in [5, 5.41) is 10.7. The SMILES string of the molecule is CC(NCCSc1ccc(F)cc1)(C(=O)O)C(F)(F)F. The second-order valence-corrected chi connectivity index (χ2v) is 5.33. The molecule has 0 fully saturated rings. The Labute approximate surface area is 117 Å². The number of aliphatic carboxylic acids is 1. The van der Waals surface area contributed by atoms with Crippen molar-refractivity contribution in [2.24, 2.45) is 0 Å². The van der Waals surface area contributed by atoms with Gasteiger partial charge in [0, 0.05) is 17.2 Å². The maximum absolute atomic E-state index is 12.7. The van der Waals surface area contributed by atoms with E-state index in [1.165, 1.54) is 36.0 Å². The van der Waals surface area contributed by atoms with Crippen molar-refractivity contribution in [3.63, 3.8) is 0 Å². The minimum Gasteiger partial charge on any atom is -0.480 e. The zero-order valence-corrected chi connectivity index (χ0v) is 11.3. The van der Waals surface area contributed by atoms with Crippen molar-refractivity contribution in [1.29, 1.82) is 0 Å². The fraction of sp³-hybridized carbons (Fsp3) is 0.417. The molecule has 0 aliphatic rings. The zero-order valence-electron chi connectivity index (χ0n) is 10.5. The molecular formula is C12H13F4NO2S. The van der Waals surface area contributed by atoms with Crippen LogP contribution in [0.5, 0.6) is 0 Å². The maximum atomic E-state index is 12.7. The van der Waals surface area contributed by atoms with Gasteiger partial charge in [-0.2, -0.15) is 13.2 Å². The molecule has 0 saturated heterocycles. The van der Waals surface area contributed by atoms with Crippen molar-refractivity contribution in [3.05, 3.63) is 30.1 Å². The van der Waals surface area contributed by atoms with Crippen LogP contribution in [0.2, 0.25) is 0 Å². The van der Waals surface area contributed by atoms with Crippen LogP contribution in [0.4, 0.5) is 17.6 Å². The molecule has 1 aromatic rings. The van der Waals surface area contributed by atoms with Crippen molar-refractivity contribution in [2.75, 3.05) is 12.3 Å². The molecule has 1 rings (SSSR count). The fourth-order valence-corrected chi connectivity index (χ4v) is 2.07. The second kappa shape index (κ2) is 6.45. The van der Waals surface area contributed by atoms with Gasteiger partial charge in [0.15, 0.2) is 0 Å². The average Bonchev–Trinajstić information content (AvgIpc) is 2.34. The summed E-state index contributed by atoms with van der Waals surface area (Å²) < 4.78 is 50.6. The van der Waals surface area contributed by atoms with Gasteiger partial charge in [-0.15, -0.1) is 11.8 Å². The van der Waals surface area contributed by atoms with E-state index in [1.807, 2.05) is 5.32 Å². The molecule has 0 radical (unpaired) electrons. The number of thioether (sulfide) groups is 1. The van der Waals surface area contributed by atoms with Crippen LogP contribution in [0.25, 0.3) is 0 Å². The second-order valence-electron chi connectivity index (χ2n) is 4.16. The molecule has 0 saturated carbocycles. The van der Waals surface area contributed by atoms with Crippen LogP contribution in [-0.2, 0) is 4.79 Å². The summed E-state index contributed by atoms with van der Waals surface area (Å²) in [6.45, 7) is 0.433. The number of nitrogens with one attached hydrogen (secondary N) is 1. The van der Waals surface area contributed by atoms with Gasteiger partial charge in [0.05, 0.1) is 0 Å². The number of hydrogen-bond donors (Lipinski definition) is 2. The Morgan fingerprint density at radius 3 is 2.30 bits per heavy atom. The lowest BCUT2D eigenvalue weighted by Crippen LogP contribution is -2.60. The van der Waals surface area contributed by atoms with Crippen LogP contribution in [0.15, 0.2) is 29.2 Å². The molecule has 3 nitrogen and oxygen atoms in total. The first-order chi connectivity index (χ1) is 9.17. The molecule has 0 spiro atoms. The van der Waals surface area contributed by atoms with Gasteiger partial charge in [-0.05, 0) is 31.2 Å². The van der Waals surface area contributed by atoms with E-state index >= 15 is 0 Å². The monoisotopic (exact) mass is 311 g/mol. The Balaban J connectivity index is 2.50. The normalized spacial score (nSPS) is 14.8. The molecular weight excluding hydrogens is 298 g/mol. The van der Waals surface area contributed by atoms with Crippen molar-refractivity contribution in [3.8, 4) is 0 Å². The summed E-state index contributed by atoms with van der Waals surface area (Å²) >= 11 is 1.20. The largest absolute Gasteiger partial charge is 0.480 e. The van der Waals surface area contributed by atoms with E-state index in [-0.39, 0.29) is 12.3 Å². The van der Waals surface area contributed by atoms with Gasteiger partial charge in [-0.25, -0.2) is 9.18 Å². The third-order valence-electron chi connectivity index (χ3n) is 2.66. The summed E-state index contributed by atoms with van der Waals surface area (Å²) in [6, 6.07) is 5.49. The van der Waals surface area contributed by atoms with Crippen LogP contribution in [0.1, 0.15) is 6.92 Å². The Bertz CT molecular complexity index is 464. The van der Waals surface area contributed by atoms with Gasteiger partial charge in [-0.3, -0.25) is 5.32 Å². The van der Waals surface area contributed by atoms with Crippen molar-refractivity contribution in [2.45, 2.75) is 23.5 Å². The average molecular weight is 311 g/mol. The highest BCUT2D eigenvalue weighted by atomic mass is 32.2. The van der Waals surface area contributed by atoms with Crippen molar-refractivity contribution >= 4 is 17.7 Å². The van der Waals surface area contributed by atoms with Crippen LogP contribution in [0.3, 0.4) is 0 Å². The standard InChI is InChI=1S/C12H13F4NO2S/c1-11(10(18)19,12(14,15)16)17-6-7-20-9-4-2-8(13)3-5-9/h2-5,17H,6-7H2,1H3,(H,18,19). The van der Waals surface area contributed by atoms with E-state index in [4.69, 9.17) is 5.11 Å². The Morgan fingerprint density at radius 1 is 1.30 bits per heavy atom. The highest BCUT2D eigenvalue weighted by molar-refractivity contribution is 7.99. The lowest BCUT2D eigenvalue weighted by atomic mass is 10.0. The van der Waals surface area contributed by atoms with Crippen LogP contribution in [-0.4, -0.2) is 35.1 Å². The third-order valence-corrected chi connectivity index (χ3v) is 3.67. The Kier molecular flexibility index (Phi) is 5.41. The van der Waals surface area contributed by atoms with Gasteiger partial charge in [-0.1, -0.05) is 0 Å². The molecule has 0 heterocycles. The predicted molar refractivity (Wildman–Crippen MR) is 67.2 cm³/mol. The number of hydrogen-bond acceptors (Lipinski definition) is 3. The molecule has 2 N–H and O–H groups in total. The topological polar surface area (TPSA) is 49.3 Å². The number of alkyl halides is 3.